The summed E-state index contributed by atoms with van der Waals surface area (Å²) < 4.78 is 10.6. The summed E-state index contributed by atoms with van der Waals surface area (Å²) in [5.41, 5.74) is 0. The molecule has 0 saturated heterocycles. The van der Waals surface area contributed by atoms with Gasteiger partial charge in [-0.15, -0.1) is 0 Å². The van der Waals surface area contributed by atoms with Crippen molar-refractivity contribution in [2.75, 3.05) is 13.2 Å². The minimum atomic E-state index is -0.764. The van der Waals surface area contributed by atoms with Crippen molar-refractivity contribution < 1.29 is 24.2 Å². The third-order valence-corrected chi connectivity index (χ3v) is 10.1. The number of aliphatic hydroxyl groups excluding tert-OH is 1. The van der Waals surface area contributed by atoms with Crippen molar-refractivity contribution in [1.29, 1.82) is 0 Å². The molecule has 0 saturated carbocycles. The van der Waals surface area contributed by atoms with Gasteiger partial charge in [-0.1, -0.05) is 206 Å². The molecule has 0 spiro atoms. The van der Waals surface area contributed by atoms with Gasteiger partial charge in [0.1, 0.15) is 6.61 Å². The van der Waals surface area contributed by atoms with E-state index in [0.717, 1.165) is 38.5 Å². The first-order valence-corrected chi connectivity index (χ1v) is 22.2. The van der Waals surface area contributed by atoms with Gasteiger partial charge < -0.3 is 14.6 Å². The van der Waals surface area contributed by atoms with Crippen molar-refractivity contribution in [1.82, 2.24) is 0 Å². The molecule has 0 aliphatic heterocycles. The van der Waals surface area contributed by atoms with Gasteiger partial charge >= 0.3 is 11.9 Å². The van der Waals surface area contributed by atoms with Crippen molar-refractivity contribution in [3.63, 3.8) is 0 Å². The van der Waals surface area contributed by atoms with Crippen LogP contribution in [0.4, 0.5) is 0 Å². The highest BCUT2D eigenvalue weighted by Crippen LogP contribution is 2.15. The quantitative estimate of drug-likeness (QED) is 0.0389. The van der Waals surface area contributed by atoms with E-state index in [1.807, 2.05) is 0 Å². The molecule has 0 fully saturated rings. The fourth-order valence-corrected chi connectivity index (χ4v) is 6.67. The second kappa shape index (κ2) is 42.1. The van der Waals surface area contributed by atoms with E-state index >= 15 is 0 Å². The molecule has 0 rings (SSSR count). The minimum absolute atomic E-state index is 0.0593. The first-order valence-electron chi connectivity index (χ1n) is 22.2. The van der Waals surface area contributed by atoms with Crippen LogP contribution < -0.4 is 0 Å². The maximum absolute atomic E-state index is 12.2. The molecule has 1 unspecified atom stereocenters. The van der Waals surface area contributed by atoms with Gasteiger partial charge in [0.2, 0.25) is 0 Å². The Morgan fingerprint density at radius 2 is 0.740 bits per heavy atom. The van der Waals surface area contributed by atoms with Crippen LogP contribution in [0.5, 0.6) is 0 Å². The zero-order valence-electron chi connectivity index (χ0n) is 33.7. The largest absolute Gasteiger partial charge is 0.462 e. The van der Waals surface area contributed by atoms with Crippen molar-refractivity contribution in [3.8, 4) is 0 Å². The molecule has 0 heterocycles. The molecule has 0 radical (unpaired) electrons. The van der Waals surface area contributed by atoms with Crippen LogP contribution in [-0.2, 0) is 19.1 Å². The smallest absolute Gasteiger partial charge is 0.306 e. The van der Waals surface area contributed by atoms with Gasteiger partial charge in [-0.3, -0.25) is 9.59 Å². The molecule has 1 atom stereocenters. The highest BCUT2D eigenvalue weighted by Gasteiger charge is 2.16. The molecule has 0 aromatic heterocycles. The Labute approximate surface area is 311 Å². The maximum atomic E-state index is 12.2. The van der Waals surface area contributed by atoms with E-state index in [1.165, 1.54) is 180 Å². The second-order valence-corrected chi connectivity index (χ2v) is 15.1. The van der Waals surface area contributed by atoms with Crippen molar-refractivity contribution in [2.24, 2.45) is 0 Å². The van der Waals surface area contributed by atoms with Gasteiger partial charge in [0.05, 0.1) is 6.61 Å². The number of unbranched alkanes of at least 4 members (excludes halogenated alkanes) is 31. The lowest BCUT2D eigenvalue weighted by Crippen LogP contribution is -2.28. The lowest BCUT2D eigenvalue weighted by molar-refractivity contribution is -0.161. The number of carbonyl (C=O) groups excluding carboxylic acids is 2. The van der Waals surface area contributed by atoms with Crippen molar-refractivity contribution in [3.05, 3.63) is 12.2 Å². The summed E-state index contributed by atoms with van der Waals surface area (Å²) in [6, 6.07) is 0. The molecular formula is C45H86O5. The highest BCUT2D eigenvalue weighted by molar-refractivity contribution is 5.70. The lowest BCUT2D eigenvalue weighted by Gasteiger charge is -2.15. The van der Waals surface area contributed by atoms with E-state index in [-0.39, 0.29) is 25.2 Å². The average molecular weight is 707 g/mol. The van der Waals surface area contributed by atoms with Crippen LogP contribution in [0.1, 0.15) is 245 Å². The Kier molecular flexibility index (Phi) is 40.9. The molecule has 1 N–H and O–H groups in total. The molecular weight excluding hydrogens is 620 g/mol. The number of hydrogen-bond acceptors (Lipinski definition) is 5. The van der Waals surface area contributed by atoms with Crippen LogP contribution in [0, 0.1) is 0 Å². The number of rotatable bonds is 41. The normalized spacial score (nSPS) is 12.1. The number of hydrogen-bond donors (Lipinski definition) is 1. The number of carbonyl (C=O) groups is 2. The number of ether oxygens (including phenoxy) is 2. The third-order valence-electron chi connectivity index (χ3n) is 10.1. The van der Waals surface area contributed by atoms with Crippen molar-refractivity contribution in [2.45, 2.75) is 251 Å². The second-order valence-electron chi connectivity index (χ2n) is 15.1. The molecule has 5 heteroatoms. The van der Waals surface area contributed by atoms with E-state index in [9.17, 15) is 14.7 Å². The van der Waals surface area contributed by atoms with E-state index in [0.29, 0.717) is 12.8 Å². The molecule has 296 valence electrons. The summed E-state index contributed by atoms with van der Waals surface area (Å²) in [6.07, 6.45) is 48.7. The summed E-state index contributed by atoms with van der Waals surface area (Å²) in [6.45, 7) is 4.15. The Morgan fingerprint density at radius 3 is 1.08 bits per heavy atom. The molecule has 0 bridgehead atoms. The maximum Gasteiger partial charge on any atom is 0.306 e. The fourth-order valence-electron chi connectivity index (χ4n) is 6.67. The number of esters is 2. The number of aliphatic hydroxyl groups is 1. The molecule has 0 aromatic rings. The van der Waals surface area contributed by atoms with Gasteiger partial charge in [0, 0.05) is 12.8 Å². The third kappa shape index (κ3) is 39.4. The predicted octanol–water partition coefficient (Wildman–Crippen LogP) is 14.1. The van der Waals surface area contributed by atoms with Crippen LogP contribution in [0.2, 0.25) is 0 Å². The van der Waals surface area contributed by atoms with Gasteiger partial charge in [-0.05, 0) is 38.5 Å². The van der Waals surface area contributed by atoms with E-state index in [2.05, 4.69) is 26.0 Å². The van der Waals surface area contributed by atoms with E-state index < -0.39 is 6.10 Å². The predicted molar refractivity (Wildman–Crippen MR) is 215 cm³/mol. The first-order chi connectivity index (χ1) is 24.6. The van der Waals surface area contributed by atoms with Crippen LogP contribution in [0.15, 0.2) is 12.2 Å². The summed E-state index contributed by atoms with van der Waals surface area (Å²) in [4.78, 5) is 24.3. The van der Waals surface area contributed by atoms with Crippen LogP contribution in [0.25, 0.3) is 0 Å². The summed E-state index contributed by atoms with van der Waals surface area (Å²) in [5.74, 6) is -0.579. The topological polar surface area (TPSA) is 72.8 Å². The molecule has 0 aliphatic rings. The first kappa shape index (κ1) is 48.6. The molecule has 0 aromatic carbocycles. The van der Waals surface area contributed by atoms with Gasteiger partial charge in [-0.2, -0.15) is 0 Å². The van der Waals surface area contributed by atoms with Gasteiger partial charge in [-0.25, -0.2) is 0 Å². The Balaban J connectivity index is 3.44. The standard InChI is InChI=1S/C45H86O5/c1-3-5-7-9-11-13-15-16-17-18-19-20-21-22-23-24-25-26-27-28-30-32-34-36-38-40-45(48)50-43(41-46)42-49-44(47)39-37-35-33-31-29-14-12-10-8-6-4-2/h18-19,43,46H,3-17,20-42H2,1-2H3/b19-18-. The van der Waals surface area contributed by atoms with E-state index in [4.69, 9.17) is 9.47 Å². The zero-order valence-corrected chi connectivity index (χ0v) is 33.7. The summed E-state index contributed by atoms with van der Waals surface area (Å²) in [5, 5.41) is 9.56. The van der Waals surface area contributed by atoms with E-state index in [1.54, 1.807) is 0 Å². The van der Waals surface area contributed by atoms with Gasteiger partial charge in [0.15, 0.2) is 6.10 Å². The monoisotopic (exact) mass is 707 g/mol. The molecule has 0 amide bonds. The summed E-state index contributed by atoms with van der Waals surface area (Å²) >= 11 is 0. The lowest BCUT2D eigenvalue weighted by atomic mass is 10.0. The molecule has 5 nitrogen and oxygen atoms in total. The van der Waals surface area contributed by atoms with Gasteiger partial charge in [0.25, 0.3) is 0 Å². The van der Waals surface area contributed by atoms with Crippen LogP contribution >= 0.6 is 0 Å². The molecule has 0 aliphatic carbocycles. The highest BCUT2D eigenvalue weighted by atomic mass is 16.6. The Morgan fingerprint density at radius 1 is 0.440 bits per heavy atom. The minimum Gasteiger partial charge on any atom is -0.462 e. The fraction of sp³-hybridized carbons (Fsp3) is 0.911. The van der Waals surface area contributed by atoms with Crippen LogP contribution in [0.3, 0.4) is 0 Å². The number of allylic oxidation sites excluding steroid dienone is 2. The van der Waals surface area contributed by atoms with Crippen LogP contribution in [-0.4, -0.2) is 36.4 Å². The molecule has 50 heavy (non-hydrogen) atoms. The van der Waals surface area contributed by atoms with Crippen molar-refractivity contribution >= 4 is 11.9 Å². The SMILES string of the molecule is CCCCCCCCCC/C=C\CCCCCCCCCCCCCCCC(=O)OC(CO)COC(=O)CCCCCCCCCCCCC. The Bertz CT molecular complexity index is 720. The summed E-state index contributed by atoms with van der Waals surface area (Å²) in [7, 11) is 0. The zero-order chi connectivity index (χ0) is 36.4. The average Bonchev–Trinajstić information content (AvgIpc) is 3.12. The Hall–Kier alpha value is -1.36.